The first-order valence-electron chi connectivity index (χ1n) is 7.37. The number of oxime groups is 1. The Kier molecular flexibility index (Phi) is 4.19. The van der Waals surface area contributed by atoms with Crippen molar-refractivity contribution in [1.82, 2.24) is 5.32 Å². The van der Waals surface area contributed by atoms with Crippen LogP contribution in [0.1, 0.15) is 30.5 Å². The molecule has 0 radical (unpaired) electrons. The molecule has 3 rings (SSSR count). The molecule has 2 aromatic carbocycles. The number of nitrogens with zero attached hydrogens (tertiary/aromatic N) is 1. The minimum Gasteiger partial charge on any atom is -0.382 e. The minimum atomic E-state index is -0.554. The number of hydrogen-bond acceptors (Lipinski definition) is 3. The van der Waals surface area contributed by atoms with E-state index in [0.717, 1.165) is 16.8 Å². The highest BCUT2D eigenvalue weighted by molar-refractivity contribution is 6.04. The Morgan fingerprint density at radius 1 is 1.14 bits per heavy atom. The van der Waals surface area contributed by atoms with Gasteiger partial charge in [-0.2, -0.15) is 0 Å². The van der Waals surface area contributed by atoms with Crippen molar-refractivity contribution in [3.05, 3.63) is 71.8 Å². The van der Waals surface area contributed by atoms with Crippen molar-refractivity contribution in [2.24, 2.45) is 5.16 Å². The SMILES string of the molecule is C[C@@H](NC(=O)[C@@H]1CC(c2ccccc2)=NO1)c1ccccc1. The standard InChI is InChI=1S/C18H18N2O2/c1-13(14-8-4-2-5-9-14)19-18(21)17-12-16(20-22-17)15-10-6-3-7-11-15/h2-11,13,17H,12H2,1H3,(H,19,21)/t13-,17+/m1/s1. The number of nitrogens with one attached hydrogen (secondary N) is 1. The van der Waals surface area contributed by atoms with Gasteiger partial charge in [0.15, 0.2) is 0 Å². The zero-order valence-corrected chi connectivity index (χ0v) is 12.4. The fraction of sp³-hybridized carbons (Fsp3) is 0.222. The van der Waals surface area contributed by atoms with E-state index in [1.165, 1.54) is 0 Å². The van der Waals surface area contributed by atoms with E-state index in [4.69, 9.17) is 4.84 Å². The molecule has 0 aromatic heterocycles. The van der Waals surface area contributed by atoms with Crippen LogP contribution in [-0.4, -0.2) is 17.7 Å². The van der Waals surface area contributed by atoms with Gasteiger partial charge in [0, 0.05) is 6.42 Å². The quantitative estimate of drug-likeness (QED) is 0.942. The van der Waals surface area contributed by atoms with Gasteiger partial charge >= 0.3 is 0 Å². The summed E-state index contributed by atoms with van der Waals surface area (Å²) >= 11 is 0. The maximum Gasteiger partial charge on any atom is 0.264 e. The molecule has 2 aromatic rings. The second kappa shape index (κ2) is 6.43. The van der Waals surface area contributed by atoms with Gasteiger partial charge < -0.3 is 10.2 Å². The second-order valence-electron chi connectivity index (χ2n) is 5.34. The van der Waals surface area contributed by atoms with Crippen molar-refractivity contribution in [2.45, 2.75) is 25.5 Å². The highest BCUT2D eigenvalue weighted by Gasteiger charge is 2.29. The lowest BCUT2D eigenvalue weighted by atomic mass is 10.0. The Morgan fingerprint density at radius 3 is 2.45 bits per heavy atom. The van der Waals surface area contributed by atoms with Gasteiger partial charge in [0.2, 0.25) is 6.10 Å². The molecule has 1 aliphatic rings. The first-order chi connectivity index (χ1) is 10.7. The van der Waals surface area contributed by atoms with Gasteiger partial charge in [0.1, 0.15) is 0 Å². The third kappa shape index (κ3) is 3.17. The summed E-state index contributed by atoms with van der Waals surface area (Å²) in [6.07, 6.45) is -0.0569. The summed E-state index contributed by atoms with van der Waals surface area (Å²) in [6.45, 7) is 1.96. The number of benzene rings is 2. The van der Waals surface area contributed by atoms with Gasteiger partial charge in [0.05, 0.1) is 11.8 Å². The number of amides is 1. The average Bonchev–Trinajstić information content (AvgIpc) is 3.06. The highest BCUT2D eigenvalue weighted by atomic mass is 16.6. The maximum atomic E-state index is 12.3. The van der Waals surface area contributed by atoms with E-state index in [9.17, 15) is 4.79 Å². The molecule has 22 heavy (non-hydrogen) atoms. The molecule has 0 spiro atoms. The lowest BCUT2D eigenvalue weighted by Gasteiger charge is -2.16. The van der Waals surface area contributed by atoms with E-state index in [1.807, 2.05) is 67.6 Å². The van der Waals surface area contributed by atoms with Gasteiger partial charge in [-0.1, -0.05) is 65.8 Å². The van der Waals surface area contributed by atoms with Crippen molar-refractivity contribution >= 4 is 11.6 Å². The predicted molar refractivity (Wildman–Crippen MR) is 85.5 cm³/mol. The van der Waals surface area contributed by atoms with Crippen LogP contribution in [-0.2, 0) is 9.63 Å². The van der Waals surface area contributed by atoms with Gasteiger partial charge in [-0.15, -0.1) is 0 Å². The molecule has 112 valence electrons. The van der Waals surface area contributed by atoms with E-state index in [2.05, 4.69) is 10.5 Å². The minimum absolute atomic E-state index is 0.0573. The van der Waals surface area contributed by atoms with Crippen LogP contribution in [0.15, 0.2) is 65.8 Å². The van der Waals surface area contributed by atoms with E-state index >= 15 is 0 Å². The zero-order chi connectivity index (χ0) is 15.4. The number of carbonyl (C=O) groups is 1. The van der Waals surface area contributed by atoms with Crippen LogP contribution in [0.5, 0.6) is 0 Å². The van der Waals surface area contributed by atoms with E-state index in [1.54, 1.807) is 0 Å². The van der Waals surface area contributed by atoms with Crippen LogP contribution in [0.25, 0.3) is 0 Å². The molecule has 0 saturated carbocycles. The molecular formula is C18H18N2O2. The van der Waals surface area contributed by atoms with E-state index in [-0.39, 0.29) is 11.9 Å². The van der Waals surface area contributed by atoms with Crippen LogP contribution in [0.4, 0.5) is 0 Å². The normalized spacial score (nSPS) is 18.2. The third-order valence-corrected chi connectivity index (χ3v) is 3.73. The van der Waals surface area contributed by atoms with Gasteiger partial charge in [0.25, 0.3) is 5.91 Å². The average molecular weight is 294 g/mol. The molecule has 1 amide bonds. The summed E-state index contributed by atoms with van der Waals surface area (Å²) in [6, 6.07) is 19.6. The summed E-state index contributed by atoms with van der Waals surface area (Å²) in [4.78, 5) is 17.6. The molecule has 0 bridgehead atoms. The van der Waals surface area contributed by atoms with Crippen molar-refractivity contribution in [3.63, 3.8) is 0 Å². The predicted octanol–water partition coefficient (Wildman–Crippen LogP) is 3.06. The Morgan fingerprint density at radius 2 is 1.77 bits per heavy atom. The monoisotopic (exact) mass is 294 g/mol. The van der Waals surface area contributed by atoms with Crippen molar-refractivity contribution in [2.75, 3.05) is 0 Å². The van der Waals surface area contributed by atoms with Crippen molar-refractivity contribution < 1.29 is 9.63 Å². The molecule has 1 aliphatic heterocycles. The third-order valence-electron chi connectivity index (χ3n) is 3.73. The van der Waals surface area contributed by atoms with Crippen LogP contribution < -0.4 is 5.32 Å². The topological polar surface area (TPSA) is 50.7 Å². The molecule has 4 heteroatoms. The first-order valence-corrected chi connectivity index (χ1v) is 7.37. The Bertz CT molecular complexity index is 668. The fourth-order valence-corrected chi connectivity index (χ4v) is 2.45. The summed E-state index contributed by atoms with van der Waals surface area (Å²) in [5.41, 5.74) is 2.88. The summed E-state index contributed by atoms with van der Waals surface area (Å²) in [5, 5.41) is 7.02. The van der Waals surface area contributed by atoms with Crippen molar-refractivity contribution in [3.8, 4) is 0 Å². The van der Waals surface area contributed by atoms with Gasteiger partial charge in [-0.3, -0.25) is 4.79 Å². The molecular weight excluding hydrogens is 276 g/mol. The maximum absolute atomic E-state index is 12.3. The van der Waals surface area contributed by atoms with Crippen LogP contribution in [0, 0.1) is 0 Å². The summed E-state index contributed by atoms with van der Waals surface area (Å²) in [5.74, 6) is -0.133. The lowest BCUT2D eigenvalue weighted by molar-refractivity contribution is -0.131. The van der Waals surface area contributed by atoms with E-state index < -0.39 is 6.10 Å². The molecule has 0 fully saturated rings. The number of rotatable bonds is 4. The first kappa shape index (κ1) is 14.3. The fourth-order valence-electron chi connectivity index (χ4n) is 2.45. The molecule has 1 heterocycles. The Balaban J connectivity index is 1.59. The van der Waals surface area contributed by atoms with E-state index in [0.29, 0.717) is 6.42 Å². The van der Waals surface area contributed by atoms with Crippen LogP contribution >= 0.6 is 0 Å². The highest BCUT2D eigenvalue weighted by Crippen LogP contribution is 2.18. The molecule has 0 unspecified atom stereocenters. The van der Waals surface area contributed by atoms with Gasteiger partial charge in [-0.05, 0) is 18.1 Å². The smallest absolute Gasteiger partial charge is 0.264 e. The van der Waals surface area contributed by atoms with Crippen LogP contribution in [0.2, 0.25) is 0 Å². The number of hydrogen-bond donors (Lipinski definition) is 1. The molecule has 2 atom stereocenters. The Labute approximate surface area is 129 Å². The molecule has 4 nitrogen and oxygen atoms in total. The Hall–Kier alpha value is -2.62. The second-order valence-corrected chi connectivity index (χ2v) is 5.34. The molecule has 0 saturated heterocycles. The summed E-state index contributed by atoms with van der Waals surface area (Å²) in [7, 11) is 0. The largest absolute Gasteiger partial charge is 0.382 e. The van der Waals surface area contributed by atoms with Crippen LogP contribution in [0.3, 0.4) is 0 Å². The zero-order valence-electron chi connectivity index (χ0n) is 12.4. The molecule has 0 aliphatic carbocycles. The number of carbonyl (C=O) groups excluding carboxylic acids is 1. The van der Waals surface area contributed by atoms with Gasteiger partial charge in [-0.25, -0.2) is 0 Å². The van der Waals surface area contributed by atoms with Crippen molar-refractivity contribution in [1.29, 1.82) is 0 Å². The molecule has 1 N–H and O–H groups in total. The summed E-state index contributed by atoms with van der Waals surface area (Å²) < 4.78 is 0. The lowest BCUT2D eigenvalue weighted by Crippen LogP contribution is -2.36.